The predicted molar refractivity (Wildman–Crippen MR) is 108 cm³/mol. The molecule has 1 aliphatic rings. The molecule has 1 amide bonds. The molecule has 144 valence electrons. The fourth-order valence-corrected chi connectivity index (χ4v) is 5.04. The molecule has 1 N–H and O–H groups in total. The van der Waals surface area contributed by atoms with Crippen molar-refractivity contribution < 1.29 is 13.2 Å². The van der Waals surface area contributed by atoms with E-state index in [0.717, 1.165) is 17.5 Å². The van der Waals surface area contributed by atoms with Crippen molar-refractivity contribution in [2.75, 3.05) is 4.31 Å². The minimum Gasteiger partial charge on any atom is -0.350 e. The molecule has 1 aliphatic heterocycles. The SMILES string of the molecule is CC[C@H](C)NC(=O)c1ccc2c(c1)C[C@H](C)N2S(=O)(=O)c1ccc(C)cc1. The van der Waals surface area contributed by atoms with Crippen LogP contribution in [0.25, 0.3) is 0 Å². The van der Waals surface area contributed by atoms with Gasteiger partial charge in [0.05, 0.1) is 10.6 Å². The maximum Gasteiger partial charge on any atom is 0.264 e. The summed E-state index contributed by atoms with van der Waals surface area (Å²) >= 11 is 0. The maximum atomic E-state index is 13.2. The number of carbonyl (C=O) groups is 1. The normalized spacial score (nSPS) is 17.5. The summed E-state index contributed by atoms with van der Waals surface area (Å²) in [5.74, 6) is -0.125. The van der Waals surface area contributed by atoms with Crippen LogP contribution in [0.15, 0.2) is 47.4 Å². The van der Waals surface area contributed by atoms with Gasteiger partial charge >= 0.3 is 0 Å². The zero-order chi connectivity index (χ0) is 19.8. The van der Waals surface area contributed by atoms with E-state index < -0.39 is 10.0 Å². The molecule has 5 nitrogen and oxygen atoms in total. The number of hydrogen-bond donors (Lipinski definition) is 1. The van der Waals surface area contributed by atoms with Crippen molar-refractivity contribution in [3.05, 3.63) is 59.2 Å². The Hall–Kier alpha value is -2.34. The van der Waals surface area contributed by atoms with E-state index in [1.165, 1.54) is 4.31 Å². The Morgan fingerprint density at radius 1 is 1.22 bits per heavy atom. The van der Waals surface area contributed by atoms with Crippen LogP contribution < -0.4 is 9.62 Å². The van der Waals surface area contributed by atoms with E-state index in [2.05, 4.69) is 5.32 Å². The number of rotatable bonds is 5. The number of carbonyl (C=O) groups excluding carboxylic acids is 1. The van der Waals surface area contributed by atoms with Crippen molar-refractivity contribution in [1.29, 1.82) is 0 Å². The van der Waals surface area contributed by atoms with E-state index in [-0.39, 0.29) is 22.9 Å². The third-order valence-electron chi connectivity index (χ3n) is 5.06. The predicted octanol–water partition coefficient (Wildman–Crippen LogP) is 3.66. The van der Waals surface area contributed by atoms with Crippen molar-refractivity contribution in [2.24, 2.45) is 0 Å². The van der Waals surface area contributed by atoms with Crippen LogP contribution in [0.3, 0.4) is 0 Å². The first-order valence-electron chi connectivity index (χ1n) is 9.29. The van der Waals surface area contributed by atoms with Crippen molar-refractivity contribution in [2.45, 2.75) is 57.5 Å². The minimum absolute atomic E-state index is 0.100. The summed E-state index contributed by atoms with van der Waals surface area (Å²) < 4.78 is 27.8. The number of nitrogens with zero attached hydrogens (tertiary/aromatic N) is 1. The Morgan fingerprint density at radius 2 is 1.89 bits per heavy atom. The van der Waals surface area contributed by atoms with Crippen molar-refractivity contribution in [1.82, 2.24) is 5.32 Å². The third-order valence-corrected chi connectivity index (χ3v) is 7.00. The van der Waals surface area contributed by atoms with E-state index in [9.17, 15) is 13.2 Å². The molecule has 0 saturated carbocycles. The van der Waals surface area contributed by atoms with Gasteiger partial charge in [0.25, 0.3) is 15.9 Å². The molecule has 2 aromatic rings. The molecule has 0 aliphatic carbocycles. The number of sulfonamides is 1. The van der Waals surface area contributed by atoms with Gasteiger partial charge in [0.15, 0.2) is 0 Å². The first-order chi connectivity index (χ1) is 12.7. The van der Waals surface area contributed by atoms with Crippen LogP contribution in [0.5, 0.6) is 0 Å². The zero-order valence-corrected chi connectivity index (χ0v) is 17.0. The summed E-state index contributed by atoms with van der Waals surface area (Å²) in [4.78, 5) is 12.7. The summed E-state index contributed by atoms with van der Waals surface area (Å²) in [7, 11) is -3.64. The van der Waals surface area contributed by atoms with Crippen LogP contribution in [0, 0.1) is 6.92 Å². The van der Waals surface area contributed by atoms with E-state index >= 15 is 0 Å². The molecule has 1 heterocycles. The minimum atomic E-state index is -3.64. The Balaban J connectivity index is 1.94. The highest BCUT2D eigenvalue weighted by molar-refractivity contribution is 7.92. The van der Waals surface area contributed by atoms with E-state index in [0.29, 0.717) is 17.7 Å². The topological polar surface area (TPSA) is 66.5 Å². The molecule has 0 fully saturated rings. The number of aryl methyl sites for hydroxylation is 1. The highest BCUT2D eigenvalue weighted by atomic mass is 32.2. The summed E-state index contributed by atoms with van der Waals surface area (Å²) in [5.41, 5.74) is 3.12. The molecule has 6 heteroatoms. The van der Waals surface area contributed by atoms with Crippen molar-refractivity contribution >= 4 is 21.6 Å². The Bertz CT molecular complexity index is 952. The van der Waals surface area contributed by atoms with Gasteiger partial charge in [-0.25, -0.2) is 8.42 Å². The van der Waals surface area contributed by atoms with Crippen LogP contribution >= 0.6 is 0 Å². The highest BCUT2D eigenvalue weighted by Crippen LogP contribution is 2.37. The lowest BCUT2D eigenvalue weighted by Gasteiger charge is -2.24. The van der Waals surface area contributed by atoms with Gasteiger partial charge in [-0.2, -0.15) is 0 Å². The fourth-order valence-electron chi connectivity index (χ4n) is 3.34. The number of benzene rings is 2. The number of nitrogens with one attached hydrogen (secondary N) is 1. The first kappa shape index (κ1) is 19.4. The second kappa shape index (κ2) is 7.35. The number of amides is 1. The highest BCUT2D eigenvalue weighted by Gasteiger charge is 2.36. The van der Waals surface area contributed by atoms with Gasteiger partial charge in [0.1, 0.15) is 0 Å². The molecule has 2 aromatic carbocycles. The van der Waals surface area contributed by atoms with Gasteiger partial charge in [-0.15, -0.1) is 0 Å². The summed E-state index contributed by atoms with van der Waals surface area (Å²) in [5, 5.41) is 2.95. The van der Waals surface area contributed by atoms with Crippen molar-refractivity contribution in [3.63, 3.8) is 0 Å². The molecule has 0 aromatic heterocycles. The van der Waals surface area contributed by atoms with Gasteiger partial charge in [-0.05, 0) is 69.5 Å². The lowest BCUT2D eigenvalue weighted by Crippen LogP contribution is -2.35. The Morgan fingerprint density at radius 3 is 2.52 bits per heavy atom. The molecule has 0 spiro atoms. The summed E-state index contributed by atoms with van der Waals surface area (Å²) in [6.07, 6.45) is 1.45. The molecule has 0 unspecified atom stereocenters. The average Bonchev–Trinajstić information content (AvgIpc) is 2.97. The third kappa shape index (κ3) is 3.72. The van der Waals surface area contributed by atoms with Gasteiger partial charge in [-0.1, -0.05) is 24.6 Å². The van der Waals surface area contributed by atoms with E-state index in [1.807, 2.05) is 33.8 Å². The van der Waals surface area contributed by atoms with Gasteiger partial charge < -0.3 is 5.32 Å². The lowest BCUT2D eigenvalue weighted by molar-refractivity contribution is 0.0939. The largest absolute Gasteiger partial charge is 0.350 e. The smallest absolute Gasteiger partial charge is 0.264 e. The maximum absolute atomic E-state index is 13.2. The van der Waals surface area contributed by atoms with Crippen LogP contribution in [-0.2, 0) is 16.4 Å². The summed E-state index contributed by atoms with van der Waals surface area (Å²) in [6, 6.07) is 12.1. The van der Waals surface area contributed by atoms with Crippen LogP contribution in [0.1, 0.15) is 48.7 Å². The monoisotopic (exact) mass is 386 g/mol. The van der Waals surface area contributed by atoms with Crippen LogP contribution in [0.4, 0.5) is 5.69 Å². The second-order valence-corrected chi connectivity index (χ2v) is 9.11. The van der Waals surface area contributed by atoms with Crippen molar-refractivity contribution in [3.8, 4) is 0 Å². The zero-order valence-electron chi connectivity index (χ0n) is 16.2. The quantitative estimate of drug-likeness (QED) is 0.853. The van der Waals surface area contributed by atoms with E-state index in [1.54, 1.807) is 36.4 Å². The van der Waals surface area contributed by atoms with Crippen LogP contribution in [-0.4, -0.2) is 26.4 Å². The number of anilines is 1. The average molecular weight is 387 g/mol. The van der Waals surface area contributed by atoms with E-state index in [4.69, 9.17) is 0 Å². The lowest BCUT2D eigenvalue weighted by atomic mass is 10.1. The molecular weight excluding hydrogens is 360 g/mol. The van der Waals surface area contributed by atoms with Gasteiger partial charge in [0, 0.05) is 17.6 Å². The molecule has 27 heavy (non-hydrogen) atoms. The second-order valence-electron chi connectivity index (χ2n) is 7.29. The standard InChI is InChI=1S/C21H26N2O3S/c1-5-15(3)22-21(24)17-8-11-20-18(13-17)12-16(4)23(20)27(25,26)19-9-6-14(2)7-10-19/h6-11,13,15-16H,5,12H2,1-4H3,(H,22,24)/t15-,16-/m0/s1. The number of hydrogen-bond acceptors (Lipinski definition) is 3. The molecule has 0 radical (unpaired) electrons. The Labute approximate surface area is 161 Å². The molecule has 0 bridgehead atoms. The molecule has 2 atom stereocenters. The fraction of sp³-hybridized carbons (Fsp3) is 0.381. The molecular formula is C21H26N2O3S. The van der Waals surface area contributed by atoms with Crippen LogP contribution in [0.2, 0.25) is 0 Å². The van der Waals surface area contributed by atoms with Gasteiger partial charge in [0.2, 0.25) is 0 Å². The molecule has 0 saturated heterocycles. The van der Waals surface area contributed by atoms with Gasteiger partial charge in [-0.3, -0.25) is 9.10 Å². The number of fused-ring (bicyclic) bond motifs is 1. The molecule has 3 rings (SSSR count). The summed E-state index contributed by atoms with van der Waals surface area (Å²) in [6.45, 7) is 7.80. The Kier molecular flexibility index (Phi) is 5.29. The first-order valence-corrected chi connectivity index (χ1v) is 10.7.